The molecule has 1 aliphatic rings. The molecule has 1 amide bonds. The molecule has 1 atom stereocenters. The van der Waals surface area contributed by atoms with Crippen molar-refractivity contribution < 1.29 is 4.79 Å². The van der Waals surface area contributed by atoms with E-state index in [1.165, 1.54) is 4.57 Å². The summed E-state index contributed by atoms with van der Waals surface area (Å²) in [6.45, 7) is 0.123. The molecule has 9 nitrogen and oxygen atoms in total. The van der Waals surface area contributed by atoms with E-state index in [0.717, 1.165) is 28.6 Å². The minimum absolute atomic E-state index is 0.00248. The molecule has 0 fully saturated rings. The number of nitrogens with one attached hydrogen (secondary N) is 3. The minimum atomic E-state index is -0.298. The Labute approximate surface area is 212 Å². The second kappa shape index (κ2) is 9.69. The summed E-state index contributed by atoms with van der Waals surface area (Å²) in [5, 5.41) is 7.27. The molecule has 3 N–H and O–H groups in total. The highest BCUT2D eigenvalue weighted by Crippen LogP contribution is 2.30. The van der Waals surface area contributed by atoms with Crippen LogP contribution in [0, 0.1) is 0 Å². The van der Waals surface area contributed by atoms with Gasteiger partial charge in [-0.3, -0.25) is 24.1 Å². The van der Waals surface area contributed by atoms with Crippen LogP contribution in [0.15, 0.2) is 84.0 Å². The highest BCUT2D eigenvalue weighted by molar-refractivity contribution is 5.80. The van der Waals surface area contributed by atoms with Gasteiger partial charge in [0.1, 0.15) is 17.9 Å². The average Bonchev–Trinajstić information content (AvgIpc) is 3.37. The summed E-state index contributed by atoms with van der Waals surface area (Å²) in [5.74, 6) is 0.0874. The highest BCUT2D eigenvalue weighted by atomic mass is 16.2. The molecule has 4 aromatic heterocycles. The first-order valence-electron chi connectivity index (χ1n) is 12.2. The van der Waals surface area contributed by atoms with E-state index in [9.17, 15) is 9.59 Å². The summed E-state index contributed by atoms with van der Waals surface area (Å²) >= 11 is 0. The lowest BCUT2D eigenvalue weighted by Gasteiger charge is -2.27. The minimum Gasteiger partial charge on any atom is -0.372 e. The van der Waals surface area contributed by atoms with Crippen LogP contribution in [0.25, 0.3) is 22.4 Å². The number of anilines is 1. The van der Waals surface area contributed by atoms with Crippen molar-refractivity contribution in [1.82, 2.24) is 29.8 Å². The van der Waals surface area contributed by atoms with Gasteiger partial charge < -0.3 is 15.6 Å². The number of rotatable bonds is 6. The number of hydrogen-bond donors (Lipinski definition) is 3. The van der Waals surface area contributed by atoms with Crippen molar-refractivity contribution >= 4 is 22.5 Å². The van der Waals surface area contributed by atoms with Crippen LogP contribution in [0.4, 0.5) is 5.69 Å². The van der Waals surface area contributed by atoms with Gasteiger partial charge in [0.05, 0.1) is 18.3 Å². The molecule has 184 valence electrons. The zero-order valence-corrected chi connectivity index (χ0v) is 20.0. The molecule has 1 aliphatic heterocycles. The number of carbonyl (C=O) groups excluding carboxylic acids is 1. The Hall–Kier alpha value is -4.79. The second-order valence-electron chi connectivity index (χ2n) is 9.04. The van der Waals surface area contributed by atoms with Crippen molar-refractivity contribution in [3.8, 4) is 11.5 Å². The fourth-order valence-corrected chi connectivity index (χ4v) is 4.75. The fraction of sp³-hybridized carbons (Fsp3) is 0.179. The lowest BCUT2D eigenvalue weighted by atomic mass is 9.96. The smallest absolute Gasteiger partial charge is 0.277 e. The van der Waals surface area contributed by atoms with Crippen LogP contribution in [0.3, 0.4) is 0 Å². The molecular formula is C28H25N7O2. The number of aryl methyl sites for hydroxylation is 1. The van der Waals surface area contributed by atoms with Gasteiger partial charge in [-0.2, -0.15) is 0 Å². The maximum atomic E-state index is 13.8. The van der Waals surface area contributed by atoms with Gasteiger partial charge in [0.15, 0.2) is 5.82 Å². The number of fused-ring (bicyclic) bond motifs is 2. The third-order valence-electron chi connectivity index (χ3n) is 6.58. The predicted octanol–water partition coefficient (Wildman–Crippen LogP) is 3.60. The van der Waals surface area contributed by atoms with Crippen LogP contribution in [-0.2, 0) is 24.3 Å². The van der Waals surface area contributed by atoms with Gasteiger partial charge in [-0.1, -0.05) is 36.4 Å². The van der Waals surface area contributed by atoms with E-state index in [-0.39, 0.29) is 24.1 Å². The Bertz CT molecular complexity index is 1590. The first-order valence-corrected chi connectivity index (χ1v) is 12.2. The molecule has 5 aromatic rings. The van der Waals surface area contributed by atoms with Crippen molar-refractivity contribution in [3.63, 3.8) is 0 Å². The molecule has 1 aromatic carbocycles. The number of H-pyrrole nitrogens is 1. The van der Waals surface area contributed by atoms with Crippen LogP contribution in [0.1, 0.15) is 29.4 Å². The molecule has 37 heavy (non-hydrogen) atoms. The van der Waals surface area contributed by atoms with Crippen LogP contribution in [-0.4, -0.2) is 30.4 Å². The number of nitrogens with zero attached hydrogens (tertiary/aromatic N) is 4. The first-order chi connectivity index (χ1) is 18.2. The lowest BCUT2D eigenvalue weighted by molar-refractivity contribution is -0.121. The molecular weight excluding hydrogens is 466 g/mol. The number of aromatic nitrogens is 5. The molecule has 0 radical (unpaired) electrons. The SMILES string of the molecule is O=C(Cn1c(-c2ccccn2)nc2c(c1=O)NC(c1ccccc1)CC2)NCc1cc2cnccc2[nH]1. The number of aromatic amines is 1. The third kappa shape index (κ3) is 4.58. The molecule has 6 rings (SSSR count). The molecule has 1 unspecified atom stereocenters. The van der Waals surface area contributed by atoms with Crippen LogP contribution < -0.4 is 16.2 Å². The van der Waals surface area contributed by atoms with E-state index in [0.29, 0.717) is 35.9 Å². The van der Waals surface area contributed by atoms with Gasteiger partial charge in [-0.25, -0.2) is 4.98 Å². The van der Waals surface area contributed by atoms with E-state index < -0.39 is 0 Å². The maximum absolute atomic E-state index is 13.8. The van der Waals surface area contributed by atoms with Gasteiger partial charge in [0.2, 0.25) is 5.91 Å². The van der Waals surface area contributed by atoms with E-state index in [1.54, 1.807) is 30.7 Å². The maximum Gasteiger partial charge on any atom is 0.277 e. The van der Waals surface area contributed by atoms with E-state index in [1.807, 2.05) is 48.5 Å². The van der Waals surface area contributed by atoms with Crippen molar-refractivity contribution in [2.24, 2.45) is 0 Å². The van der Waals surface area contributed by atoms with Crippen molar-refractivity contribution in [2.45, 2.75) is 32.0 Å². The Balaban J connectivity index is 1.30. The number of benzene rings is 1. The van der Waals surface area contributed by atoms with Gasteiger partial charge >= 0.3 is 0 Å². The standard InChI is InChI=1S/C28H25N7O2/c36-25(31-16-20-14-19-15-29-13-11-22(19)32-20)17-35-27(24-8-4-5-12-30-24)34-23-10-9-21(33-26(23)28(35)37)18-6-2-1-3-7-18/h1-8,11-15,21,32-33H,9-10,16-17H2,(H,31,36). The molecule has 9 heteroatoms. The van der Waals surface area contributed by atoms with Crippen molar-refractivity contribution in [3.05, 3.63) is 107 Å². The Kier molecular flexibility index (Phi) is 5.94. The van der Waals surface area contributed by atoms with Crippen molar-refractivity contribution in [1.29, 1.82) is 0 Å². The predicted molar refractivity (Wildman–Crippen MR) is 141 cm³/mol. The van der Waals surface area contributed by atoms with Gasteiger partial charge in [-0.15, -0.1) is 0 Å². The summed E-state index contributed by atoms with van der Waals surface area (Å²) < 4.78 is 1.41. The zero-order chi connectivity index (χ0) is 25.2. The van der Waals surface area contributed by atoms with Crippen molar-refractivity contribution in [2.75, 3.05) is 5.32 Å². The zero-order valence-electron chi connectivity index (χ0n) is 20.0. The highest BCUT2D eigenvalue weighted by Gasteiger charge is 2.26. The average molecular weight is 492 g/mol. The van der Waals surface area contributed by atoms with Crippen LogP contribution in [0.2, 0.25) is 0 Å². The molecule has 0 aliphatic carbocycles. The summed E-state index contributed by atoms with van der Waals surface area (Å²) in [5.41, 5.74) is 4.31. The van der Waals surface area contributed by atoms with Gasteiger partial charge in [-0.05, 0) is 42.7 Å². The monoisotopic (exact) mass is 491 g/mol. The lowest BCUT2D eigenvalue weighted by Crippen LogP contribution is -2.37. The first kappa shape index (κ1) is 22.7. The third-order valence-corrected chi connectivity index (χ3v) is 6.58. The molecule has 0 bridgehead atoms. The summed E-state index contributed by atoms with van der Waals surface area (Å²) in [6, 6.07) is 19.3. The molecule has 0 saturated carbocycles. The number of hydrogen-bond acceptors (Lipinski definition) is 6. The Morgan fingerprint density at radius 2 is 1.95 bits per heavy atom. The fourth-order valence-electron chi connectivity index (χ4n) is 4.75. The largest absolute Gasteiger partial charge is 0.372 e. The summed E-state index contributed by atoms with van der Waals surface area (Å²) in [7, 11) is 0. The van der Waals surface area contributed by atoms with Gasteiger partial charge in [0, 0.05) is 35.2 Å². The van der Waals surface area contributed by atoms with E-state index in [4.69, 9.17) is 4.98 Å². The molecule has 0 saturated heterocycles. The van der Waals surface area contributed by atoms with Crippen LogP contribution >= 0.6 is 0 Å². The normalized spacial score (nSPS) is 14.6. The van der Waals surface area contributed by atoms with Crippen LogP contribution in [0.5, 0.6) is 0 Å². The number of pyridine rings is 2. The molecule has 0 spiro atoms. The summed E-state index contributed by atoms with van der Waals surface area (Å²) in [4.78, 5) is 43.4. The Morgan fingerprint density at radius 3 is 2.76 bits per heavy atom. The van der Waals surface area contributed by atoms with Gasteiger partial charge in [0.25, 0.3) is 5.56 Å². The van der Waals surface area contributed by atoms with E-state index in [2.05, 4.69) is 25.6 Å². The number of carbonyl (C=O) groups is 1. The Morgan fingerprint density at radius 1 is 1.08 bits per heavy atom. The quantitative estimate of drug-likeness (QED) is 0.334. The molecule has 5 heterocycles. The van der Waals surface area contributed by atoms with E-state index >= 15 is 0 Å². The summed E-state index contributed by atoms with van der Waals surface area (Å²) in [6.07, 6.45) is 6.60. The number of amides is 1. The second-order valence-corrected chi connectivity index (χ2v) is 9.04. The topological polar surface area (TPSA) is 118 Å².